The largest absolute Gasteiger partial charge is 0.486 e. The topological polar surface area (TPSA) is 105 Å². The van der Waals surface area contributed by atoms with Crippen molar-refractivity contribution >= 4 is 27.5 Å². The van der Waals surface area contributed by atoms with Crippen LogP contribution in [-0.2, 0) is 32.6 Å². The van der Waals surface area contributed by atoms with Crippen molar-refractivity contribution < 1.29 is 27.5 Å². The number of hydrogen-bond donors (Lipinski definition) is 1. The first-order valence-electron chi connectivity index (χ1n) is 15.4. The lowest BCUT2D eigenvalue weighted by Crippen LogP contribution is -2.53. The van der Waals surface area contributed by atoms with Crippen LogP contribution in [0.1, 0.15) is 30.0 Å². The highest BCUT2D eigenvalue weighted by atomic mass is 32.2. The van der Waals surface area contributed by atoms with Gasteiger partial charge in [-0.25, -0.2) is 8.42 Å². The van der Waals surface area contributed by atoms with Crippen LogP contribution in [0, 0.1) is 6.92 Å². The fraction of sp³-hybridized carbons (Fsp3) is 0.278. The SMILES string of the molecule is CCCNC(=O)[C@H](Cc1ccccc1)N(Cc1ccc(C)cc1)C(=O)CN(c1ccc2c(c1)OCCO2)S(=O)(=O)c1ccccc1. The van der Waals surface area contributed by atoms with Gasteiger partial charge in [-0.3, -0.25) is 13.9 Å². The minimum atomic E-state index is -4.22. The van der Waals surface area contributed by atoms with Crippen molar-refractivity contribution in [2.75, 3.05) is 30.6 Å². The molecule has 0 saturated carbocycles. The number of anilines is 1. The van der Waals surface area contributed by atoms with Gasteiger partial charge in [0.15, 0.2) is 11.5 Å². The first-order chi connectivity index (χ1) is 22.3. The van der Waals surface area contributed by atoms with Crippen LogP contribution in [0.5, 0.6) is 11.5 Å². The molecule has 1 atom stereocenters. The van der Waals surface area contributed by atoms with E-state index in [1.165, 1.54) is 17.0 Å². The summed E-state index contributed by atoms with van der Waals surface area (Å²) < 4.78 is 40.9. The summed E-state index contributed by atoms with van der Waals surface area (Å²) >= 11 is 0. The van der Waals surface area contributed by atoms with E-state index in [1.54, 1.807) is 36.4 Å². The number of carbonyl (C=O) groups is 2. The summed E-state index contributed by atoms with van der Waals surface area (Å²) in [4.78, 5) is 29.8. The molecule has 2 amide bonds. The summed E-state index contributed by atoms with van der Waals surface area (Å²) in [5, 5.41) is 2.96. The van der Waals surface area contributed by atoms with E-state index in [0.29, 0.717) is 31.3 Å². The third kappa shape index (κ3) is 7.87. The van der Waals surface area contributed by atoms with Crippen LogP contribution in [0.15, 0.2) is 108 Å². The Hall–Kier alpha value is -4.83. The molecule has 10 heteroatoms. The maximum absolute atomic E-state index is 14.6. The Morgan fingerprint density at radius 2 is 1.48 bits per heavy atom. The number of sulfonamides is 1. The quantitative estimate of drug-likeness (QED) is 0.217. The summed E-state index contributed by atoms with van der Waals surface area (Å²) in [6.07, 6.45) is 0.979. The highest BCUT2D eigenvalue weighted by Gasteiger charge is 2.35. The van der Waals surface area contributed by atoms with Gasteiger partial charge in [0.2, 0.25) is 11.8 Å². The number of aryl methyl sites for hydroxylation is 1. The second-order valence-corrected chi connectivity index (χ2v) is 13.0. The van der Waals surface area contributed by atoms with Gasteiger partial charge in [-0.2, -0.15) is 0 Å². The van der Waals surface area contributed by atoms with Crippen LogP contribution in [0.4, 0.5) is 5.69 Å². The molecular formula is C36H39N3O6S. The Bertz CT molecular complexity index is 1730. The normalized spacial score (nSPS) is 13.0. The zero-order valence-corrected chi connectivity index (χ0v) is 26.9. The first kappa shape index (κ1) is 32.6. The lowest BCUT2D eigenvalue weighted by atomic mass is 10.0. The molecule has 0 bridgehead atoms. The maximum atomic E-state index is 14.6. The number of nitrogens with one attached hydrogen (secondary N) is 1. The van der Waals surface area contributed by atoms with Gasteiger partial charge < -0.3 is 19.7 Å². The monoisotopic (exact) mass is 641 g/mol. The molecule has 0 unspecified atom stereocenters. The summed E-state index contributed by atoms with van der Waals surface area (Å²) in [6, 6.07) is 29.1. The second-order valence-electron chi connectivity index (χ2n) is 11.2. The van der Waals surface area contributed by atoms with Crippen molar-refractivity contribution in [2.24, 2.45) is 0 Å². The predicted octanol–water partition coefficient (Wildman–Crippen LogP) is 5.13. The molecule has 46 heavy (non-hydrogen) atoms. The van der Waals surface area contributed by atoms with Gasteiger partial charge in [-0.05, 0) is 48.7 Å². The minimum absolute atomic E-state index is 0.0318. The lowest BCUT2D eigenvalue weighted by Gasteiger charge is -2.34. The molecule has 0 radical (unpaired) electrons. The van der Waals surface area contributed by atoms with Crippen molar-refractivity contribution in [3.63, 3.8) is 0 Å². The predicted molar refractivity (Wildman–Crippen MR) is 177 cm³/mol. The second kappa shape index (κ2) is 15.0. The lowest BCUT2D eigenvalue weighted by molar-refractivity contribution is -0.140. The molecule has 9 nitrogen and oxygen atoms in total. The van der Waals surface area contributed by atoms with E-state index in [2.05, 4.69) is 5.32 Å². The van der Waals surface area contributed by atoms with E-state index in [1.807, 2.05) is 68.4 Å². The fourth-order valence-corrected chi connectivity index (χ4v) is 6.67. The summed E-state index contributed by atoms with van der Waals surface area (Å²) in [6.45, 7) is 4.64. The van der Waals surface area contributed by atoms with Crippen LogP contribution in [0.25, 0.3) is 0 Å². The average molecular weight is 642 g/mol. The molecule has 4 aromatic rings. The van der Waals surface area contributed by atoms with E-state index in [-0.39, 0.29) is 29.5 Å². The molecule has 0 spiro atoms. The zero-order chi connectivity index (χ0) is 32.5. The smallest absolute Gasteiger partial charge is 0.264 e. The van der Waals surface area contributed by atoms with Crippen LogP contribution in [-0.4, -0.2) is 57.5 Å². The van der Waals surface area contributed by atoms with Crippen LogP contribution in [0.3, 0.4) is 0 Å². The molecule has 1 aliphatic heterocycles. The molecule has 0 aliphatic carbocycles. The van der Waals surface area contributed by atoms with Crippen molar-refractivity contribution in [3.8, 4) is 11.5 Å². The third-order valence-electron chi connectivity index (χ3n) is 7.72. The summed E-state index contributed by atoms with van der Waals surface area (Å²) in [5.41, 5.74) is 2.99. The molecule has 0 saturated heterocycles. The Balaban J connectivity index is 1.57. The zero-order valence-electron chi connectivity index (χ0n) is 26.1. The van der Waals surface area contributed by atoms with Crippen molar-refractivity contribution in [2.45, 2.75) is 44.2 Å². The Kier molecular flexibility index (Phi) is 10.6. The van der Waals surface area contributed by atoms with Gasteiger partial charge >= 0.3 is 0 Å². The van der Waals surface area contributed by atoms with Gasteiger partial charge in [0.1, 0.15) is 25.8 Å². The number of carbonyl (C=O) groups excluding carboxylic acids is 2. The summed E-state index contributed by atoms with van der Waals surface area (Å²) in [5.74, 6) is 0.0577. The molecule has 0 fully saturated rings. The minimum Gasteiger partial charge on any atom is -0.486 e. The van der Waals surface area contributed by atoms with E-state index in [9.17, 15) is 18.0 Å². The molecule has 0 aromatic heterocycles. The van der Waals surface area contributed by atoms with Crippen molar-refractivity contribution in [3.05, 3.63) is 120 Å². The van der Waals surface area contributed by atoms with Crippen molar-refractivity contribution in [1.29, 1.82) is 0 Å². The number of nitrogens with zero attached hydrogens (tertiary/aromatic N) is 2. The van der Waals surface area contributed by atoms with Crippen molar-refractivity contribution in [1.82, 2.24) is 10.2 Å². The van der Waals surface area contributed by atoms with E-state index < -0.39 is 28.5 Å². The standard InChI is InChI=1S/C36H39N3O6S/c1-3-20-37-36(41)32(23-28-10-6-4-7-11-28)38(25-29-16-14-27(2)15-17-29)35(40)26-39(46(42,43)31-12-8-5-9-13-31)30-18-19-33-34(24-30)45-22-21-44-33/h4-19,24,32H,3,20-23,25-26H2,1-2H3,(H,37,41)/t32-/m0/s1. The highest BCUT2D eigenvalue weighted by molar-refractivity contribution is 7.92. The van der Waals surface area contributed by atoms with Crippen LogP contribution < -0.4 is 19.1 Å². The number of fused-ring (bicyclic) bond motifs is 1. The molecular weight excluding hydrogens is 602 g/mol. The van der Waals surface area contributed by atoms with Gasteiger partial charge in [0.25, 0.3) is 10.0 Å². The van der Waals surface area contributed by atoms with E-state index in [0.717, 1.165) is 27.4 Å². The Labute approximate surface area is 270 Å². The molecule has 1 heterocycles. The Morgan fingerprint density at radius 1 is 0.826 bits per heavy atom. The third-order valence-corrected chi connectivity index (χ3v) is 9.51. The summed E-state index contributed by atoms with van der Waals surface area (Å²) in [7, 11) is -4.22. The van der Waals surface area contributed by atoms with E-state index in [4.69, 9.17) is 9.47 Å². The van der Waals surface area contributed by atoms with E-state index >= 15 is 0 Å². The number of benzene rings is 4. The number of amides is 2. The molecule has 5 rings (SSSR count). The van der Waals surface area contributed by atoms with Gasteiger partial charge in [0, 0.05) is 25.6 Å². The number of ether oxygens (including phenoxy) is 2. The van der Waals surface area contributed by atoms with Gasteiger partial charge in [0.05, 0.1) is 10.6 Å². The molecule has 4 aromatic carbocycles. The Morgan fingerprint density at radius 3 is 2.15 bits per heavy atom. The average Bonchev–Trinajstić information content (AvgIpc) is 3.09. The van der Waals surface area contributed by atoms with Gasteiger partial charge in [-0.15, -0.1) is 0 Å². The molecule has 240 valence electrons. The van der Waals surface area contributed by atoms with Crippen LogP contribution >= 0.6 is 0 Å². The first-order valence-corrected chi connectivity index (χ1v) is 16.8. The van der Waals surface area contributed by atoms with Crippen LogP contribution in [0.2, 0.25) is 0 Å². The number of rotatable bonds is 13. The van der Waals surface area contributed by atoms with Gasteiger partial charge in [-0.1, -0.05) is 85.3 Å². The highest BCUT2D eigenvalue weighted by Crippen LogP contribution is 2.36. The molecule has 1 N–H and O–H groups in total. The maximum Gasteiger partial charge on any atom is 0.264 e. The number of hydrogen-bond acceptors (Lipinski definition) is 6. The molecule has 1 aliphatic rings. The fourth-order valence-electron chi connectivity index (χ4n) is 5.25.